The number of hydrogen-bond acceptors (Lipinski definition) is 2. The van der Waals surface area contributed by atoms with Gasteiger partial charge >= 0.3 is 0 Å². The molecule has 0 saturated carbocycles. The van der Waals surface area contributed by atoms with Crippen LogP contribution in [0.1, 0.15) is 16.7 Å². The standard InChI is InChI=1S/C15H12ClNO/c1-10-3-5-14(12(7-10)9-17)18-15-6-4-11(2)8-13(15)16/h3-8H,1-2H3. The van der Waals surface area contributed by atoms with Crippen LogP contribution >= 0.6 is 11.6 Å². The second-order valence-corrected chi connectivity index (χ2v) is 4.55. The fraction of sp³-hybridized carbons (Fsp3) is 0.133. The van der Waals surface area contributed by atoms with Crippen molar-refractivity contribution in [1.29, 1.82) is 5.26 Å². The first-order chi connectivity index (χ1) is 8.60. The zero-order valence-corrected chi connectivity index (χ0v) is 11.0. The van der Waals surface area contributed by atoms with Gasteiger partial charge in [-0.05, 0) is 49.2 Å². The predicted octanol–water partition coefficient (Wildman–Crippen LogP) is 4.62. The van der Waals surface area contributed by atoms with Crippen molar-refractivity contribution in [1.82, 2.24) is 0 Å². The fourth-order valence-corrected chi connectivity index (χ4v) is 1.90. The maximum absolute atomic E-state index is 9.07. The monoisotopic (exact) mass is 257 g/mol. The Morgan fingerprint density at radius 1 is 1.00 bits per heavy atom. The van der Waals surface area contributed by atoms with Crippen molar-refractivity contribution in [3.8, 4) is 17.6 Å². The van der Waals surface area contributed by atoms with Gasteiger partial charge in [-0.2, -0.15) is 5.26 Å². The van der Waals surface area contributed by atoms with Crippen molar-refractivity contribution < 1.29 is 4.74 Å². The van der Waals surface area contributed by atoms with E-state index >= 15 is 0 Å². The summed E-state index contributed by atoms with van der Waals surface area (Å²) in [6.45, 7) is 3.89. The van der Waals surface area contributed by atoms with Gasteiger partial charge < -0.3 is 4.74 Å². The van der Waals surface area contributed by atoms with Gasteiger partial charge in [0.25, 0.3) is 0 Å². The maximum atomic E-state index is 9.07. The minimum Gasteiger partial charge on any atom is -0.454 e. The highest BCUT2D eigenvalue weighted by molar-refractivity contribution is 6.32. The van der Waals surface area contributed by atoms with Crippen LogP contribution in [0, 0.1) is 25.2 Å². The van der Waals surface area contributed by atoms with Gasteiger partial charge in [-0.25, -0.2) is 0 Å². The van der Waals surface area contributed by atoms with E-state index in [9.17, 15) is 0 Å². The first kappa shape index (κ1) is 12.5. The number of halogens is 1. The van der Waals surface area contributed by atoms with Gasteiger partial charge in [-0.3, -0.25) is 0 Å². The molecule has 0 atom stereocenters. The highest BCUT2D eigenvalue weighted by Gasteiger charge is 2.07. The summed E-state index contributed by atoms with van der Waals surface area (Å²) in [5.41, 5.74) is 2.59. The smallest absolute Gasteiger partial charge is 0.146 e. The molecule has 0 aliphatic rings. The van der Waals surface area contributed by atoms with E-state index in [1.165, 1.54) is 0 Å². The minimum absolute atomic E-state index is 0.506. The van der Waals surface area contributed by atoms with Crippen molar-refractivity contribution >= 4 is 11.6 Å². The molecule has 3 heteroatoms. The van der Waals surface area contributed by atoms with E-state index in [0.29, 0.717) is 22.1 Å². The van der Waals surface area contributed by atoms with Crippen LogP contribution in [0.3, 0.4) is 0 Å². The Balaban J connectivity index is 2.37. The Morgan fingerprint density at radius 3 is 2.22 bits per heavy atom. The van der Waals surface area contributed by atoms with E-state index < -0.39 is 0 Å². The average Bonchev–Trinajstić information content (AvgIpc) is 2.34. The molecule has 0 unspecified atom stereocenters. The van der Waals surface area contributed by atoms with Crippen molar-refractivity contribution in [2.75, 3.05) is 0 Å². The lowest BCUT2D eigenvalue weighted by atomic mass is 10.1. The van der Waals surface area contributed by atoms with Gasteiger partial charge in [0.05, 0.1) is 10.6 Å². The molecule has 0 aromatic heterocycles. The van der Waals surface area contributed by atoms with E-state index in [0.717, 1.165) is 11.1 Å². The van der Waals surface area contributed by atoms with Gasteiger partial charge in [-0.1, -0.05) is 23.7 Å². The molecular formula is C15H12ClNO. The van der Waals surface area contributed by atoms with Gasteiger partial charge in [0.15, 0.2) is 0 Å². The lowest BCUT2D eigenvalue weighted by Gasteiger charge is -2.09. The third-order valence-corrected chi connectivity index (χ3v) is 2.86. The number of benzene rings is 2. The van der Waals surface area contributed by atoms with Gasteiger partial charge in [0.1, 0.15) is 17.6 Å². The largest absolute Gasteiger partial charge is 0.454 e. The maximum Gasteiger partial charge on any atom is 0.146 e. The zero-order chi connectivity index (χ0) is 13.1. The van der Waals surface area contributed by atoms with Gasteiger partial charge in [0.2, 0.25) is 0 Å². The number of rotatable bonds is 2. The van der Waals surface area contributed by atoms with Crippen LogP contribution in [-0.4, -0.2) is 0 Å². The summed E-state index contributed by atoms with van der Waals surface area (Å²) in [5, 5.41) is 9.61. The summed E-state index contributed by atoms with van der Waals surface area (Å²) in [6, 6.07) is 13.1. The fourth-order valence-electron chi connectivity index (χ4n) is 1.63. The van der Waals surface area contributed by atoms with Crippen molar-refractivity contribution in [3.05, 3.63) is 58.1 Å². The SMILES string of the molecule is Cc1ccc(Oc2ccc(C)cc2C#N)c(Cl)c1. The summed E-state index contributed by atoms with van der Waals surface area (Å²) >= 11 is 6.10. The molecule has 2 aromatic rings. The second kappa shape index (κ2) is 5.12. The summed E-state index contributed by atoms with van der Waals surface area (Å²) < 4.78 is 5.69. The molecule has 0 aliphatic heterocycles. The Hall–Kier alpha value is -1.98. The topological polar surface area (TPSA) is 33.0 Å². The van der Waals surface area contributed by atoms with Crippen LogP contribution in [0.4, 0.5) is 0 Å². The number of aryl methyl sites for hydroxylation is 2. The van der Waals surface area contributed by atoms with Crippen molar-refractivity contribution in [2.45, 2.75) is 13.8 Å². The molecule has 0 amide bonds. The molecule has 18 heavy (non-hydrogen) atoms. The first-order valence-corrected chi connectivity index (χ1v) is 5.92. The van der Waals surface area contributed by atoms with Crippen LogP contribution in [0.25, 0.3) is 0 Å². The van der Waals surface area contributed by atoms with Gasteiger partial charge in [-0.15, -0.1) is 0 Å². The molecule has 0 spiro atoms. The average molecular weight is 258 g/mol. The Morgan fingerprint density at radius 2 is 1.61 bits per heavy atom. The number of nitriles is 1. The third kappa shape index (κ3) is 2.64. The first-order valence-electron chi connectivity index (χ1n) is 5.55. The molecule has 0 fully saturated rings. The van der Waals surface area contributed by atoms with E-state index in [2.05, 4.69) is 6.07 Å². The lowest BCUT2D eigenvalue weighted by molar-refractivity contribution is 0.481. The number of ether oxygens (including phenoxy) is 1. The summed E-state index contributed by atoms with van der Waals surface area (Å²) in [5.74, 6) is 1.08. The molecule has 2 nitrogen and oxygen atoms in total. The van der Waals surface area contributed by atoms with E-state index in [1.807, 2.05) is 32.0 Å². The highest BCUT2D eigenvalue weighted by atomic mass is 35.5. The molecule has 0 bridgehead atoms. The number of hydrogen-bond donors (Lipinski definition) is 0. The van der Waals surface area contributed by atoms with Crippen LogP contribution < -0.4 is 4.74 Å². The summed E-state index contributed by atoms with van der Waals surface area (Å²) in [4.78, 5) is 0. The number of nitrogens with zero attached hydrogens (tertiary/aromatic N) is 1. The van der Waals surface area contributed by atoms with Crippen molar-refractivity contribution in [3.63, 3.8) is 0 Å². The van der Waals surface area contributed by atoms with E-state index in [4.69, 9.17) is 21.6 Å². The molecule has 0 radical (unpaired) electrons. The zero-order valence-electron chi connectivity index (χ0n) is 10.2. The molecular weight excluding hydrogens is 246 g/mol. The molecule has 2 aromatic carbocycles. The lowest BCUT2D eigenvalue weighted by Crippen LogP contribution is -1.90. The molecule has 0 aliphatic carbocycles. The molecule has 0 heterocycles. The van der Waals surface area contributed by atoms with Crippen molar-refractivity contribution in [2.24, 2.45) is 0 Å². The molecule has 0 saturated heterocycles. The summed E-state index contributed by atoms with van der Waals surface area (Å²) in [6.07, 6.45) is 0. The Bertz CT molecular complexity index is 629. The molecule has 2 rings (SSSR count). The van der Waals surface area contributed by atoms with Gasteiger partial charge in [0, 0.05) is 0 Å². The quantitative estimate of drug-likeness (QED) is 0.786. The second-order valence-electron chi connectivity index (χ2n) is 4.15. The van der Waals surface area contributed by atoms with E-state index in [1.54, 1.807) is 18.2 Å². The molecule has 0 N–H and O–H groups in total. The normalized spacial score (nSPS) is 9.89. The van der Waals surface area contributed by atoms with Crippen LogP contribution in [0.15, 0.2) is 36.4 Å². The van der Waals surface area contributed by atoms with Crippen LogP contribution in [0.5, 0.6) is 11.5 Å². The molecule has 90 valence electrons. The highest BCUT2D eigenvalue weighted by Crippen LogP contribution is 2.31. The van der Waals surface area contributed by atoms with Crippen LogP contribution in [-0.2, 0) is 0 Å². The third-order valence-electron chi connectivity index (χ3n) is 2.56. The Labute approximate surface area is 111 Å². The predicted molar refractivity (Wildman–Crippen MR) is 72.2 cm³/mol. The van der Waals surface area contributed by atoms with E-state index in [-0.39, 0.29) is 0 Å². The minimum atomic E-state index is 0.506. The van der Waals surface area contributed by atoms with Crippen LogP contribution in [0.2, 0.25) is 5.02 Å². The summed E-state index contributed by atoms with van der Waals surface area (Å²) in [7, 11) is 0. The Kier molecular flexibility index (Phi) is 3.55.